The fourth-order valence-corrected chi connectivity index (χ4v) is 3.46. The number of methoxy groups -OCH3 is 1. The molecule has 1 aromatic carbocycles. The van der Waals surface area contributed by atoms with E-state index in [4.69, 9.17) is 4.74 Å². The summed E-state index contributed by atoms with van der Waals surface area (Å²) in [6.07, 6.45) is 1.70. The van der Waals surface area contributed by atoms with Gasteiger partial charge in [-0.15, -0.1) is 0 Å². The molecule has 3 rings (SSSR count). The fourth-order valence-electron chi connectivity index (χ4n) is 3.46. The lowest BCUT2D eigenvalue weighted by molar-refractivity contribution is 0.000108. The van der Waals surface area contributed by atoms with Gasteiger partial charge in [-0.2, -0.15) is 0 Å². The Kier molecular flexibility index (Phi) is 4.56. The Morgan fingerprint density at radius 2 is 2.20 bits per heavy atom. The summed E-state index contributed by atoms with van der Waals surface area (Å²) in [6.45, 7) is 6.00. The molecule has 0 aliphatic carbocycles. The van der Waals surface area contributed by atoms with Crippen molar-refractivity contribution in [2.24, 2.45) is 0 Å². The van der Waals surface area contributed by atoms with Crippen molar-refractivity contribution in [1.29, 1.82) is 0 Å². The molecule has 0 spiro atoms. The highest BCUT2D eigenvalue weighted by atomic mass is 16.5. The van der Waals surface area contributed by atoms with Crippen LogP contribution in [0.5, 0.6) is 5.75 Å². The molecule has 1 aliphatic heterocycles. The number of aliphatic hydroxyl groups is 1. The zero-order chi connectivity index (χ0) is 18.2. The first-order valence-corrected chi connectivity index (χ1v) is 8.55. The van der Waals surface area contributed by atoms with Crippen LogP contribution >= 0.6 is 0 Å². The van der Waals surface area contributed by atoms with Gasteiger partial charge in [0.15, 0.2) is 0 Å². The predicted molar refractivity (Wildman–Crippen MR) is 95.7 cm³/mol. The molecule has 1 fully saturated rings. The van der Waals surface area contributed by atoms with Gasteiger partial charge in [0.05, 0.1) is 18.8 Å². The second-order valence-corrected chi connectivity index (χ2v) is 7.10. The van der Waals surface area contributed by atoms with Crippen LogP contribution in [0.15, 0.2) is 24.3 Å². The van der Waals surface area contributed by atoms with E-state index >= 15 is 0 Å². The first kappa shape index (κ1) is 17.5. The van der Waals surface area contributed by atoms with Gasteiger partial charge in [-0.1, -0.05) is 12.1 Å². The number of aryl methyl sites for hydroxylation is 1. The van der Waals surface area contributed by atoms with Gasteiger partial charge in [-0.3, -0.25) is 4.79 Å². The SMILES string of the molecule is COc1cccc(-c2nc(C(=O)N3CCCC3C(C)(C)O)c(C)[nH]2)c1. The molecular weight excluding hydrogens is 318 g/mol. The minimum absolute atomic E-state index is 0.132. The average molecular weight is 343 g/mol. The first-order chi connectivity index (χ1) is 11.8. The monoisotopic (exact) mass is 343 g/mol. The molecule has 0 saturated carbocycles. The largest absolute Gasteiger partial charge is 0.497 e. The summed E-state index contributed by atoms with van der Waals surface area (Å²) in [6, 6.07) is 7.37. The molecule has 1 atom stereocenters. The van der Waals surface area contributed by atoms with Crippen molar-refractivity contribution < 1.29 is 14.6 Å². The maximum absolute atomic E-state index is 13.0. The highest BCUT2D eigenvalue weighted by molar-refractivity contribution is 5.94. The maximum atomic E-state index is 13.0. The van der Waals surface area contributed by atoms with Crippen molar-refractivity contribution in [2.45, 2.75) is 45.3 Å². The number of likely N-dealkylation sites (tertiary alicyclic amines) is 1. The molecule has 0 radical (unpaired) electrons. The topological polar surface area (TPSA) is 78.4 Å². The molecule has 2 heterocycles. The van der Waals surface area contributed by atoms with Crippen LogP contribution in [0.2, 0.25) is 0 Å². The third kappa shape index (κ3) is 3.39. The van der Waals surface area contributed by atoms with E-state index in [0.29, 0.717) is 18.1 Å². The lowest BCUT2D eigenvalue weighted by atomic mass is 9.96. The second kappa shape index (κ2) is 6.52. The zero-order valence-corrected chi connectivity index (χ0v) is 15.2. The Bertz CT molecular complexity index is 776. The average Bonchev–Trinajstić information content (AvgIpc) is 3.21. The minimum Gasteiger partial charge on any atom is -0.497 e. The van der Waals surface area contributed by atoms with E-state index in [1.165, 1.54) is 0 Å². The Morgan fingerprint density at radius 3 is 2.88 bits per heavy atom. The number of nitrogens with zero attached hydrogens (tertiary/aromatic N) is 2. The number of aromatic nitrogens is 2. The number of aromatic amines is 1. The van der Waals surface area contributed by atoms with Gasteiger partial charge < -0.3 is 19.7 Å². The molecule has 134 valence electrons. The third-order valence-electron chi connectivity index (χ3n) is 4.76. The van der Waals surface area contributed by atoms with Crippen molar-refractivity contribution in [3.8, 4) is 17.1 Å². The normalized spacial score (nSPS) is 17.8. The molecule has 25 heavy (non-hydrogen) atoms. The summed E-state index contributed by atoms with van der Waals surface area (Å²) >= 11 is 0. The third-order valence-corrected chi connectivity index (χ3v) is 4.76. The smallest absolute Gasteiger partial charge is 0.274 e. The van der Waals surface area contributed by atoms with Gasteiger partial charge in [-0.05, 0) is 45.7 Å². The lowest BCUT2D eigenvalue weighted by Crippen LogP contribution is -2.48. The second-order valence-electron chi connectivity index (χ2n) is 7.10. The van der Waals surface area contributed by atoms with E-state index in [-0.39, 0.29) is 11.9 Å². The van der Waals surface area contributed by atoms with E-state index in [1.807, 2.05) is 31.2 Å². The van der Waals surface area contributed by atoms with Crippen LogP contribution in [0, 0.1) is 6.92 Å². The van der Waals surface area contributed by atoms with E-state index in [9.17, 15) is 9.90 Å². The number of rotatable bonds is 4. The van der Waals surface area contributed by atoms with Gasteiger partial charge in [0.25, 0.3) is 5.91 Å². The Balaban J connectivity index is 1.91. The molecule has 0 bridgehead atoms. The molecular formula is C19H25N3O3. The van der Waals surface area contributed by atoms with Gasteiger partial charge in [0.1, 0.15) is 17.3 Å². The summed E-state index contributed by atoms with van der Waals surface area (Å²) in [5.74, 6) is 1.24. The lowest BCUT2D eigenvalue weighted by Gasteiger charge is -2.33. The number of ether oxygens (including phenoxy) is 1. The number of amides is 1. The van der Waals surface area contributed by atoms with Crippen molar-refractivity contribution in [2.75, 3.05) is 13.7 Å². The summed E-state index contributed by atoms with van der Waals surface area (Å²) in [7, 11) is 1.62. The van der Waals surface area contributed by atoms with Crippen LogP contribution in [0.4, 0.5) is 0 Å². The van der Waals surface area contributed by atoms with Crippen molar-refractivity contribution in [3.05, 3.63) is 35.7 Å². The Hall–Kier alpha value is -2.34. The maximum Gasteiger partial charge on any atom is 0.274 e. The molecule has 1 aromatic heterocycles. The van der Waals surface area contributed by atoms with E-state index in [2.05, 4.69) is 9.97 Å². The summed E-state index contributed by atoms with van der Waals surface area (Å²) in [4.78, 5) is 22.5. The van der Waals surface area contributed by atoms with Crippen LogP contribution in [-0.2, 0) is 0 Å². The van der Waals surface area contributed by atoms with Gasteiger partial charge in [-0.25, -0.2) is 4.98 Å². The number of H-pyrrole nitrogens is 1. The van der Waals surface area contributed by atoms with E-state index in [1.54, 1.807) is 25.9 Å². The minimum atomic E-state index is -0.925. The summed E-state index contributed by atoms with van der Waals surface area (Å²) in [5, 5.41) is 10.4. The van der Waals surface area contributed by atoms with Crippen LogP contribution in [-0.4, -0.2) is 51.2 Å². The summed E-state index contributed by atoms with van der Waals surface area (Å²) in [5.41, 5.74) is 1.08. The van der Waals surface area contributed by atoms with Crippen LogP contribution in [0.25, 0.3) is 11.4 Å². The standard InChI is InChI=1S/C19H25N3O3/c1-12-16(18(23)22-10-6-9-15(22)19(2,3)24)21-17(20-12)13-7-5-8-14(11-13)25-4/h5,7-8,11,15,24H,6,9-10H2,1-4H3,(H,20,21). The van der Waals surface area contributed by atoms with Crippen molar-refractivity contribution in [3.63, 3.8) is 0 Å². The van der Waals surface area contributed by atoms with Crippen molar-refractivity contribution in [1.82, 2.24) is 14.9 Å². The number of imidazole rings is 1. The molecule has 1 aliphatic rings. The number of hydrogen-bond acceptors (Lipinski definition) is 4. The molecule has 2 aromatic rings. The van der Waals surface area contributed by atoms with Crippen LogP contribution < -0.4 is 4.74 Å². The number of carbonyl (C=O) groups is 1. The quantitative estimate of drug-likeness (QED) is 0.895. The highest BCUT2D eigenvalue weighted by Gasteiger charge is 2.39. The molecule has 6 nitrogen and oxygen atoms in total. The molecule has 1 amide bonds. The molecule has 1 saturated heterocycles. The van der Waals surface area contributed by atoms with Gasteiger partial charge in [0.2, 0.25) is 0 Å². The fraction of sp³-hybridized carbons (Fsp3) is 0.474. The number of carbonyl (C=O) groups excluding carboxylic acids is 1. The number of hydrogen-bond donors (Lipinski definition) is 2. The number of nitrogens with one attached hydrogen (secondary N) is 1. The Labute approximate surface area is 147 Å². The zero-order valence-electron chi connectivity index (χ0n) is 15.2. The summed E-state index contributed by atoms with van der Waals surface area (Å²) < 4.78 is 5.25. The molecule has 1 unspecified atom stereocenters. The van der Waals surface area contributed by atoms with E-state index in [0.717, 1.165) is 29.8 Å². The number of benzene rings is 1. The van der Waals surface area contributed by atoms with Gasteiger partial charge >= 0.3 is 0 Å². The van der Waals surface area contributed by atoms with E-state index < -0.39 is 5.60 Å². The molecule has 6 heteroatoms. The first-order valence-electron chi connectivity index (χ1n) is 8.55. The van der Waals surface area contributed by atoms with Gasteiger partial charge in [0, 0.05) is 17.8 Å². The van der Waals surface area contributed by atoms with Crippen molar-refractivity contribution >= 4 is 5.91 Å². The van der Waals surface area contributed by atoms with Crippen LogP contribution in [0.3, 0.4) is 0 Å². The van der Waals surface area contributed by atoms with Crippen LogP contribution in [0.1, 0.15) is 42.9 Å². The predicted octanol–water partition coefficient (Wildman–Crippen LogP) is 2.77. The molecule has 2 N–H and O–H groups in total. The highest BCUT2D eigenvalue weighted by Crippen LogP contribution is 2.29. The Morgan fingerprint density at radius 1 is 1.44 bits per heavy atom.